The van der Waals surface area contributed by atoms with Gasteiger partial charge in [-0.15, -0.1) is 0 Å². The van der Waals surface area contributed by atoms with E-state index in [1.807, 2.05) is 35.3 Å². The summed E-state index contributed by atoms with van der Waals surface area (Å²) in [7, 11) is 0. The molecule has 2 aromatic carbocycles. The van der Waals surface area contributed by atoms with Crippen molar-refractivity contribution in [2.24, 2.45) is 15.8 Å². The Morgan fingerprint density at radius 3 is 2.68 bits per heavy atom. The maximum atomic E-state index is 14.5. The van der Waals surface area contributed by atoms with Crippen LogP contribution in [-0.4, -0.2) is 34.1 Å². The van der Waals surface area contributed by atoms with Crippen molar-refractivity contribution >= 4 is 33.7 Å². The number of rotatable bonds is 5. The van der Waals surface area contributed by atoms with Crippen molar-refractivity contribution in [3.8, 4) is 0 Å². The maximum Gasteiger partial charge on any atom is 0.181 e. The lowest BCUT2D eigenvalue weighted by Gasteiger charge is -2.36. The van der Waals surface area contributed by atoms with Crippen molar-refractivity contribution in [3.05, 3.63) is 71.3 Å². The Bertz CT molecular complexity index is 920. The fourth-order valence-electron chi connectivity index (χ4n) is 3.34. The summed E-state index contributed by atoms with van der Waals surface area (Å²) >= 11 is 3.07. The summed E-state index contributed by atoms with van der Waals surface area (Å²) in [6.45, 7) is 1.26. The highest BCUT2D eigenvalue weighted by Gasteiger charge is 2.48. The highest BCUT2D eigenvalue weighted by Crippen LogP contribution is 2.51. The number of benzene rings is 2. The monoisotopic (exact) mass is 418 g/mol. The smallest absolute Gasteiger partial charge is 0.181 e. The van der Waals surface area contributed by atoms with Gasteiger partial charge in [0.15, 0.2) is 5.17 Å². The van der Waals surface area contributed by atoms with Crippen molar-refractivity contribution in [1.82, 2.24) is 5.01 Å². The number of nitrogens with two attached hydrogens (primary N) is 1. The summed E-state index contributed by atoms with van der Waals surface area (Å²) < 4.78 is 28.3. The molecular formula is C20H20F2N4S2. The van der Waals surface area contributed by atoms with Gasteiger partial charge in [0.25, 0.3) is 0 Å². The molecule has 2 N–H and O–H groups in total. The van der Waals surface area contributed by atoms with Crippen LogP contribution in [0.3, 0.4) is 0 Å². The van der Waals surface area contributed by atoms with Crippen LogP contribution in [0.5, 0.6) is 0 Å². The van der Waals surface area contributed by atoms with Gasteiger partial charge >= 0.3 is 0 Å². The van der Waals surface area contributed by atoms with Crippen molar-refractivity contribution < 1.29 is 8.78 Å². The molecule has 8 heteroatoms. The van der Waals surface area contributed by atoms with Crippen LogP contribution in [0.15, 0.2) is 58.6 Å². The molecule has 0 spiro atoms. The molecule has 28 heavy (non-hydrogen) atoms. The molecule has 0 bridgehead atoms. The van der Waals surface area contributed by atoms with E-state index in [0.29, 0.717) is 18.0 Å². The third-order valence-electron chi connectivity index (χ3n) is 4.65. The fourth-order valence-corrected chi connectivity index (χ4v) is 5.68. The van der Waals surface area contributed by atoms with E-state index >= 15 is 0 Å². The Morgan fingerprint density at radius 2 is 1.96 bits per heavy atom. The number of halogens is 2. The molecule has 2 heterocycles. The molecule has 4 nitrogen and oxygen atoms in total. The Kier molecular flexibility index (Phi) is 5.70. The normalized spacial score (nSPS) is 21.8. The highest BCUT2D eigenvalue weighted by molar-refractivity contribution is 8.16. The molecule has 0 amide bonds. The van der Waals surface area contributed by atoms with E-state index in [0.717, 1.165) is 41.6 Å². The van der Waals surface area contributed by atoms with Gasteiger partial charge in [-0.05, 0) is 43.1 Å². The average Bonchev–Trinajstić information content (AvgIpc) is 3.37. The summed E-state index contributed by atoms with van der Waals surface area (Å²) in [5.41, 5.74) is 7.03. The van der Waals surface area contributed by atoms with E-state index in [1.165, 1.54) is 17.8 Å². The Morgan fingerprint density at radius 1 is 1.14 bits per heavy atom. The molecule has 2 aliphatic heterocycles. The number of hydrazone groups is 1. The van der Waals surface area contributed by atoms with E-state index in [2.05, 4.69) is 4.99 Å². The van der Waals surface area contributed by atoms with Crippen LogP contribution >= 0.6 is 23.5 Å². The first kappa shape index (κ1) is 19.4. The molecule has 4 rings (SSSR count). The number of hydrogen-bond donors (Lipinski definition) is 1. The average molecular weight is 419 g/mol. The number of aliphatic imine (C=N–C) groups is 1. The van der Waals surface area contributed by atoms with Gasteiger partial charge in [-0.25, -0.2) is 13.8 Å². The topological polar surface area (TPSA) is 54.0 Å². The highest BCUT2D eigenvalue weighted by atomic mass is 32.2. The minimum atomic E-state index is -0.592. The van der Waals surface area contributed by atoms with Crippen LogP contribution in [-0.2, 0) is 4.87 Å². The second-order valence-corrected chi connectivity index (χ2v) is 8.83. The van der Waals surface area contributed by atoms with Gasteiger partial charge in [-0.3, -0.25) is 4.99 Å². The molecule has 2 aromatic rings. The van der Waals surface area contributed by atoms with E-state index in [4.69, 9.17) is 10.8 Å². The standard InChI is InChI=1S/C20H20F2N4S2/c21-15-7-8-17(22)16(13-15)18-25-26(19-24-11-12-27-19)20(28-18,9-4-10-23)14-5-2-1-3-6-14/h1-3,5-8,13H,4,9-12,23H2. The lowest BCUT2D eigenvalue weighted by Crippen LogP contribution is -2.40. The zero-order valence-electron chi connectivity index (χ0n) is 15.1. The summed E-state index contributed by atoms with van der Waals surface area (Å²) in [6, 6.07) is 13.4. The minimum Gasteiger partial charge on any atom is -0.330 e. The molecule has 2 aliphatic rings. The molecule has 0 radical (unpaired) electrons. The molecule has 0 saturated heterocycles. The van der Waals surface area contributed by atoms with E-state index in [-0.39, 0.29) is 5.56 Å². The van der Waals surface area contributed by atoms with Gasteiger partial charge in [-0.1, -0.05) is 53.9 Å². The summed E-state index contributed by atoms with van der Waals surface area (Å²) in [4.78, 5) is 4.01. The number of hydrogen-bond acceptors (Lipinski definition) is 6. The van der Waals surface area contributed by atoms with Gasteiger partial charge in [0.2, 0.25) is 0 Å². The van der Waals surface area contributed by atoms with Crippen molar-refractivity contribution in [2.75, 3.05) is 18.8 Å². The first-order chi connectivity index (χ1) is 13.6. The number of amidine groups is 1. The summed E-state index contributed by atoms with van der Waals surface area (Å²) in [5.74, 6) is -0.0912. The molecule has 0 aromatic heterocycles. The van der Waals surface area contributed by atoms with E-state index in [1.54, 1.807) is 11.8 Å². The SMILES string of the molecule is NCCCC1(c2ccccc2)SC(c2cc(F)ccc2F)=NN1C1=NCCS1. The molecule has 1 unspecified atom stereocenters. The fraction of sp³-hybridized carbons (Fsp3) is 0.300. The Hall–Kier alpha value is -1.90. The molecule has 1 atom stereocenters. The third kappa shape index (κ3) is 3.56. The Labute approximate surface area is 171 Å². The van der Waals surface area contributed by atoms with Crippen molar-refractivity contribution in [2.45, 2.75) is 17.7 Å². The maximum absolute atomic E-state index is 14.5. The van der Waals surface area contributed by atoms with E-state index < -0.39 is 16.5 Å². The van der Waals surface area contributed by atoms with Crippen LogP contribution < -0.4 is 5.73 Å². The molecule has 0 aliphatic carbocycles. The zero-order chi connectivity index (χ0) is 19.6. The van der Waals surface area contributed by atoms with Crippen LogP contribution in [0, 0.1) is 11.6 Å². The first-order valence-corrected chi connectivity index (χ1v) is 10.9. The zero-order valence-corrected chi connectivity index (χ0v) is 16.8. The molecule has 0 fully saturated rings. The van der Waals surface area contributed by atoms with Gasteiger partial charge in [-0.2, -0.15) is 5.10 Å². The largest absolute Gasteiger partial charge is 0.330 e. The molecular weight excluding hydrogens is 398 g/mol. The Balaban J connectivity index is 1.84. The van der Waals surface area contributed by atoms with E-state index in [9.17, 15) is 8.78 Å². The van der Waals surface area contributed by atoms with Crippen LogP contribution in [0.25, 0.3) is 0 Å². The van der Waals surface area contributed by atoms with Gasteiger partial charge in [0.1, 0.15) is 21.5 Å². The quantitative estimate of drug-likeness (QED) is 0.783. The second-order valence-electron chi connectivity index (χ2n) is 6.50. The van der Waals surface area contributed by atoms with Crippen LogP contribution in [0.4, 0.5) is 8.78 Å². The predicted octanol–water partition coefficient (Wildman–Crippen LogP) is 4.37. The van der Waals surface area contributed by atoms with Gasteiger partial charge in [0.05, 0.1) is 6.54 Å². The van der Waals surface area contributed by atoms with Crippen molar-refractivity contribution in [1.29, 1.82) is 0 Å². The number of nitrogens with zero attached hydrogens (tertiary/aromatic N) is 3. The van der Waals surface area contributed by atoms with Gasteiger partial charge < -0.3 is 5.73 Å². The molecule has 0 saturated carbocycles. The van der Waals surface area contributed by atoms with Crippen molar-refractivity contribution in [3.63, 3.8) is 0 Å². The lowest BCUT2D eigenvalue weighted by molar-refractivity contribution is 0.284. The number of thioether (sulfide) groups is 2. The minimum absolute atomic E-state index is 0.171. The second kappa shape index (κ2) is 8.23. The van der Waals surface area contributed by atoms with Gasteiger partial charge in [0, 0.05) is 11.3 Å². The lowest BCUT2D eigenvalue weighted by atomic mass is 10.0. The summed E-state index contributed by atoms with van der Waals surface area (Å²) in [5, 5.41) is 7.89. The molecule has 146 valence electrons. The summed E-state index contributed by atoms with van der Waals surface area (Å²) in [6.07, 6.45) is 1.48. The van der Waals surface area contributed by atoms with Crippen LogP contribution in [0.1, 0.15) is 24.0 Å². The third-order valence-corrected chi connectivity index (χ3v) is 7.04. The first-order valence-electron chi connectivity index (χ1n) is 9.10. The van der Waals surface area contributed by atoms with Crippen LogP contribution in [0.2, 0.25) is 0 Å². The predicted molar refractivity (Wildman–Crippen MR) is 113 cm³/mol.